The van der Waals surface area contributed by atoms with Crippen LogP contribution in [-0.4, -0.2) is 21.0 Å². The van der Waals surface area contributed by atoms with Crippen molar-refractivity contribution in [3.63, 3.8) is 0 Å². The van der Waals surface area contributed by atoms with E-state index in [1.54, 1.807) is 0 Å². The van der Waals surface area contributed by atoms with Crippen LogP contribution in [0.1, 0.15) is 10.4 Å². The molecule has 1 aromatic carbocycles. The zero-order valence-electron chi connectivity index (χ0n) is 7.95. The van der Waals surface area contributed by atoms with Gasteiger partial charge >= 0.3 is 5.97 Å². The van der Waals surface area contributed by atoms with Crippen molar-refractivity contribution in [1.82, 2.24) is 4.98 Å². The van der Waals surface area contributed by atoms with Crippen LogP contribution < -0.4 is 0 Å². The molecule has 0 amide bonds. The molecule has 80 valence electrons. The van der Waals surface area contributed by atoms with E-state index in [4.69, 9.17) is 5.11 Å². The molecule has 1 aromatic heterocycles. The van der Waals surface area contributed by atoms with E-state index in [1.165, 1.54) is 30.5 Å². The Hall–Kier alpha value is -2.50. The van der Waals surface area contributed by atoms with Crippen LogP contribution in [0.25, 0.3) is 10.9 Å². The van der Waals surface area contributed by atoms with Gasteiger partial charge in [-0.05, 0) is 12.1 Å². The second-order valence-corrected chi connectivity index (χ2v) is 3.12. The first-order chi connectivity index (χ1) is 7.59. The molecule has 0 saturated carbocycles. The number of carboxylic acid groups (broad SMARTS) is 1. The monoisotopic (exact) mass is 218 g/mol. The summed E-state index contributed by atoms with van der Waals surface area (Å²) in [6, 6.07) is 5.25. The number of pyridine rings is 1. The van der Waals surface area contributed by atoms with E-state index in [0.29, 0.717) is 5.52 Å². The van der Waals surface area contributed by atoms with Crippen molar-refractivity contribution in [1.29, 1.82) is 0 Å². The third-order valence-corrected chi connectivity index (χ3v) is 2.17. The molecule has 1 heterocycles. The van der Waals surface area contributed by atoms with E-state index in [2.05, 4.69) is 4.98 Å². The number of fused-ring (bicyclic) bond motifs is 1. The number of hydrogen-bond acceptors (Lipinski definition) is 4. The highest BCUT2D eigenvalue weighted by atomic mass is 16.6. The number of non-ortho nitro benzene ring substituents is 1. The standard InChI is InChI=1S/C10H6N2O4/c13-10(14)7-3-4-11-9-2-1-6(12(15)16)5-8(7)9/h1-5H,(H,13,14). The number of nitrogens with zero attached hydrogens (tertiary/aromatic N) is 2. The first-order valence-corrected chi connectivity index (χ1v) is 4.36. The summed E-state index contributed by atoms with van der Waals surface area (Å²) in [6.45, 7) is 0. The summed E-state index contributed by atoms with van der Waals surface area (Å²) in [5.74, 6) is -1.13. The number of aromatic carboxylic acids is 1. The van der Waals surface area contributed by atoms with Crippen LogP contribution in [0.5, 0.6) is 0 Å². The fraction of sp³-hybridized carbons (Fsp3) is 0. The molecule has 0 aliphatic rings. The average molecular weight is 218 g/mol. The predicted octanol–water partition coefficient (Wildman–Crippen LogP) is 1.84. The second kappa shape index (κ2) is 3.58. The van der Waals surface area contributed by atoms with Crippen molar-refractivity contribution < 1.29 is 14.8 Å². The number of carbonyl (C=O) groups is 1. The minimum atomic E-state index is -1.13. The van der Waals surface area contributed by atoms with Gasteiger partial charge in [0.25, 0.3) is 5.69 Å². The first kappa shape index (κ1) is 10.0. The number of carboxylic acids is 1. The Kier molecular flexibility index (Phi) is 2.24. The lowest BCUT2D eigenvalue weighted by atomic mass is 10.1. The van der Waals surface area contributed by atoms with Gasteiger partial charge in [0.2, 0.25) is 0 Å². The normalized spacial score (nSPS) is 10.2. The Bertz CT molecular complexity index is 594. The van der Waals surface area contributed by atoms with E-state index in [-0.39, 0.29) is 16.6 Å². The maximum atomic E-state index is 10.9. The molecule has 0 radical (unpaired) electrons. The van der Waals surface area contributed by atoms with E-state index < -0.39 is 10.9 Å². The molecule has 6 nitrogen and oxygen atoms in total. The summed E-state index contributed by atoms with van der Waals surface area (Å²) in [6.07, 6.45) is 1.36. The molecule has 2 rings (SSSR count). The summed E-state index contributed by atoms with van der Waals surface area (Å²) < 4.78 is 0. The van der Waals surface area contributed by atoms with Crippen molar-refractivity contribution in [3.05, 3.63) is 46.1 Å². The molecule has 0 saturated heterocycles. The molecule has 0 bridgehead atoms. The highest BCUT2D eigenvalue weighted by Gasteiger charge is 2.12. The Labute approximate surface area is 89.3 Å². The summed E-state index contributed by atoms with van der Waals surface area (Å²) in [4.78, 5) is 24.8. The minimum Gasteiger partial charge on any atom is -0.478 e. The molecule has 1 N–H and O–H groups in total. The Morgan fingerprint density at radius 3 is 2.75 bits per heavy atom. The number of benzene rings is 1. The highest BCUT2D eigenvalue weighted by molar-refractivity contribution is 6.02. The van der Waals surface area contributed by atoms with Crippen molar-refractivity contribution in [2.75, 3.05) is 0 Å². The van der Waals surface area contributed by atoms with E-state index in [9.17, 15) is 14.9 Å². The van der Waals surface area contributed by atoms with Gasteiger partial charge in [-0.1, -0.05) is 0 Å². The molecule has 0 atom stereocenters. The fourth-order valence-electron chi connectivity index (χ4n) is 1.43. The van der Waals surface area contributed by atoms with Crippen LogP contribution in [0.3, 0.4) is 0 Å². The van der Waals surface area contributed by atoms with Gasteiger partial charge in [-0.25, -0.2) is 4.79 Å². The second-order valence-electron chi connectivity index (χ2n) is 3.12. The largest absolute Gasteiger partial charge is 0.478 e. The smallest absolute Gasteiger partial charge is 0.336 e. The summed E-state index contributed by atoms with van der Waals surface area (Å²) >= 11 is 0. The first-order valence-electron chi connectivity index (χ1n) is 4.36. The molecule has 16 heavy (non-hydrogen) atoms. The lowest BCUT2D eigenvalue weighted by Crippen LogP contribution is -1.99. The van der Waals surface area contributed by atoms with E-state index in [0.717, 1.165) is 0 Å². The number of aromatic nitrogens is 1. The van der Waals surface area contributed by atoms with E-state index in [1.807, 2.05) is 0 Å². The minimum absolute atomic E-state index is 0.00806. The Morgan fingerprint density at radius 2 is 2.12 bits per heavy atom. The number of nitro groups is 1. The van der Waals surface area contributed by atoms with Gasteiger partial charge in [-0.15, -0.1) is 0 Å². The molecule has 0 unspecified atom stereocenters. The summed E-state index contributed by atoms with van der Waals surface area (Å²) in [5, 5.41) is 19.7. The van der Waals surface area contributed by atoms with Gasteiger partial charge < -0.3 is 5.11 Å². The summed E-state index contributed by atoms with van der Waals surface area (Å²) in [7, 11) is 0. The Morgan fingerprint density at radius 1 is 1.38 bits per heavy atom. The van der Waals surface area contributed by atoms with Crippen molar-refractivity contribution >= 4 is 22.6 Å². The fourth-order valence-corrected chi connectivity index (χ4v) is 1.43. The van der Waals surface area contributed by atoms with Crippen molar-refractivity contribution in [2.45, 2.75) is 0 Å². The summed E-state index contributed by atoms with van der Waals surface area (Å²) in [5.41, 5.74) is 0.280. The zero-order chi connectivity index (χ0) is 11.7. The molecule has 6 heteroatoms. The Balaban J connectivity index is 2.78. The number of nitro benzene ring substituents is 1. The van der Waals surface area contributed by atoms with Gasteiger partial charge in [0.15, 0.2) is 0 Å². The van der Waals surface area contributed by atoms with Crippen LogP contribution in [0.15, 0.2) is 30.5 Å². The molecule has 0 spiro atoms. The quantitative estimate of drug-likeness (QED) is 0.613. The lowest BCUT2D eigenvalue weighted by Gasteiger charge is -2.00. The molecule has 2 aromatic rings. The topological polar surface area (TPSA) is 93.3 Å². The van der Waals surface area contributed by atoms with Gasteiger partial charge in [0.1, 0.15) is 0 Å². The number of hydrogen-bond donors (Lipinski definition) is 1. The third-order valence-electron chi connectivity index (χ3n) is 2.17. The predicted molar refractivity (Wildman–Crippen MR) is 55.4 cm³/mol. The maximum Gasteiger partial charge on any atom is 0.336 e. The number of rotatable bonds is 2. The molecular weight excluding hydrogens is 212 g/mol. The van der Waals surface area contributed by atoms with Crippen LogP contribution >= 0.6 is 0 Å². The van der Waals surface area contributed by atoms with Gasteiger partial charge in [-0.2, -0.15) is 0 Å². The SMILES string of the molecule is O=C(O)c1ccnc2ccc([N+](=O)[O-])cc12. The van der Waals surface area contributed by atoms with Gasteiger partial charge in [0, 0.05) is 23.7 Å². The molecule has 0 aliphatic heterocycles. The maximum absolute atomic E-state index is 10.9. The third kappa shape index (κ3) is 1.56. The molecular formula is C10H6N2O4. The average Bonchev–Trinajstić information content (AvgIpc) is 2.27. The van der Waals surface area contributed by atoms with E-state index >= 15 is 0 Å². The molecule has 0 fully saturated rings. The highest BCUT2D eigenvalue weighted by Crippen LogP contribution is 2.22. The van der Waals surface area contributed by atoms with Crippen LogP contribution in [0.4, 0.5) is 5.69 Å². The zero-order valence-corrected chi connectivity index (χ0v) is 7.95. The van der Waals surface area contributed by atoms with Gasteiger partial charge in [0.05, 0.1) is 16.0 Å². The van der Waals surface area contributed by atoms with Crippen LogP contribution in [0, 0.1) is 10.1 Å². The van der Waals surface area contributed by atoms with Gasteiger partial charge in [-0.3, -0.25) is 15.1 Å². The lowest BCUT2D eigenvalue weighted by molar-refractivity contribution is -0.384. The van der Waals surface area contributed by atoms with Crippen molar-refractivity contribution in [3.8, 4) is 0 Å². The van der Waals surface area contributed by atoms with Crippen LogP contribution in [0.2, 0.25) is 0 Å². The van der Waals surface area contributed by atoms with Crippen molar-refractivity contribution in [2.24, 2.45) is 0 Å². The van der Waals surface area contributed by atoms with Crippen LogP contribution in [-0.2, 0) is 0 Å². The molecule has 0 aliphatic carbocycles.